The lowest BCUT2D eigenvalue weighted by Crippen LogP contribution is -2.54. The van der Waals surface area contributed by atoms with Gasteiger partial charge in [-0.05, 0) is 73.0 Å². The standard InChI is InChI=1S/C27H21Cl3N2O5/c1-3-36-23-13-17(12-21(30)24(23)37-14-16-6-4-7-18(28)10-16)11-19-25(33)31-27(35)32(26(19)34)22-9-5-8-20(29)15(22)2/h4-13H,3,14H2,1-2H3,(H,31,33,35)/b19-11+. The lowest BCUT2D eigenvalue weighted by molar-refractivity contribution is -0.122. The number of urea groups is 1. The average molecular weight is 560 g/mol. The van der Waals surface area contributed by atoms with Gasteiger partial charge in [0.05, 0.1) is 17.3 Å². The molecular formula is C27H21Cl3N2O5. The molecule has 1 saturated heterocycles. The number of anilines is 1. The zero-order valence-corrected chi connectivity index (χ0v) is 22.1. The fraction of sp³-hybridized carbons (Fsp3) is 0.148. The first-order chi connectivity index (χ1) is 17.7. The van der Waals surface area contributed by atoms with E-state index in [0.29, 0.717) is 39.3 Å². The van der Waals surface area contributed by atoms with Crippen molar-refractivity contribution in [3.05, 3.63) is 91.9 Å². The van der Waals surface area contributed by atoms with Crippen LogP contribution in [0.1, 0.15) is 23.6 Å². The maximum atomic E-state index is 13.3. The molecule has 37 heavy (non-hydrogen) atoms. The van der Waals surface area contributed by atoms with Crippen LogP contribution in [-0.2, 0) is 16.2 Å². The number of rotatable bonds is 7. The number of nitrogens with zero attached hydrogens (tertiary/aromatic N) is 1. The van der Waals surface area contributed by atoms with Gasteiger partial charge in [-0.2, -0.15) is 0 Å². The minimum atomic E-state index is -0.865. The first kappa shape index (κ1) is 26.5. The Morgan fingerprint density at radius 1 is 0.946 bits per heavy atom. The van der Waals surface area contributed by atoms with Crippen LogP contribution in [0.15, 0.2) is 60.2 Å². The van der Waals surface area contributed by atoms with E-state index in [-0.39, 0.29) is 22.9 Å². The van der Waals surface area contributed by atoms with Crippen LogP contribution in [0.25, 0.3) is 6.08 Å². The third kappa shape index (κ3) is 5.74. The fourth-order valence-corrected chi connectivity index (χ4v) is 4.39. The quantitative estimate of drug-likeness (QED) is 0.260. The number of benzene rings is 3. The summed E-state index contributed by atoms with van der Waals surface area (Å²) in [6.45, 7) is 3.99. The minimum absolute atomic E-state index is 0.192. The maximum absolute atomic E-state index is 13.3. The Morgan fingerprint density at radius 3 is 2.43 bits per heavy atom. The zero-order valence-electron chi connectivity index (χ0n) is 19.8. The van der Waals surface area contributed by atoms with Gasteiger partial charge in [0, 0.05) is 10.0 Å². The van der Waals surface area contributed by atoms with E-state index in [1.165, 1.54) is 12.1 Å². The number of ether oxygens (including phenoxy) is 2. The molecule has 3 aromatic rings. The van der Waals surface area contributed by atoms with Crippen molar-refractivity contribution < 1.29 is 23.9 Å². The van der Waals surface area contributed by atoms with Crippen LogP contribution in [0, 0.1) is 6.92 Å². The smallest absolute Gasteiger partial charge is 0.335 e. The highest BCUT2D eigenvalue weighted by Gasteiger charge is 2.37. The number of hydrogen-bond donors (Lipinski definition) is 1. The molecule has 4 rings (SSSR count). The monoisotopic (exact) mass is 558 g/mol. The SMILES string of the molecule is CCOc1cc(/C=C2\C(=O)NC(=O)N(c3cccc(Cl)c3C)C2=O)cc(Cl)c1OCc1cccc(Cl)c1. The summed E-state index contributed by atoms with van der Waals surface area (Å²) < 4.78 is 11.6. The van der Waals surface area contributed by atoms with Crippen LogP contribution in [0.5, 0.6) is 11.5 Å². The molecule has 1 aliphatic heterocycles. The van der Waals surface area contributed by atoms with Gasteiger partial charge in [-0.15, -0.1) is 0 Å². The van der Waals surface area contributed by atoms with Crippen molar-refractivity contribution in [1.82, 2.24) is 5.32 Å². The first-order valence-electron chi connectivity index (χ1n) is 11.2. The molecule has 0 atom stereocenters. The third-order valence-corrected chi connectivity index (χ3v) is 6.42. The fourth-order valence-electron chi connectivity index (χ4n) is 3.74. The number of hydrogen-bond acceptors (Lipinski definition) is 5. The second-order valence-corrected chi connectivity index (χ2v) is 9.27. The summed E-state index contributed by atoms with van der Waals surface area (Å²) in [5.74, 6) is -1.00. The van der Waals surface area contributed by atoms with Crippen LogP contribution < -0.4 is 19.7 Å². The molecule has 0 spiro atoms. The van der Waals surface area contributed by atoms with Gasteiger partial charge in [-0.25, -0.2) is 9.69 Å². The summed E-state index contributed by atoms with van der Waals surface area (Å²) in [5, 5.41) is 3.37. The molecule has 0 saturated carbocycles. The predicted molar refractivity (Wildman–Crippen MR) is 144 cm³/mol. The molecule has 0 radical (unpaired) electrons. The summed E-state index contributed by atoms with van der Waals surface area (Å²) in [5.41, 5.74) is 1.77. The molecule has 1 N–H and O–H groups in total. The van der Waals surface area contributed by atoms with Crippen molar-refractivity contribution in [3.8, 4) is 11.5 Å². The summed E-state index contributed by atoms with van der Waals surface area (Å²) >= 11 is 18.7. The van der Waals surface area contributed by atoms with Gasteiger partial charge in [0.25, 0.3) is 11.8 Å². The zero-order chi connectivity index (χ0) is 26.7. The van der Waals surface area contributed by atoms with Gasteiger partial charge >= 0.3 is 6.03 Å². The molecule has 0 aromatic heterocycles. The normalized spacial score (nSPS) is 14.7. The molecule has 1 heterocycles. The average Bonchev–Trinajstić information content (AvgIpc) is 2.84. The summed E-state index contributed by atoms with van der Waals surface area (Å²) in [7, 11) is 0. The van der Waals surface area contributed by atoms with E-state index in [1.807, 2.05) is 12.1 Å². The number of carbonyl (C=O) groups is 3. The Balaban J connectivity index is 1.68. The lowest BCUT2D eigenvalue weighted by atomic mass is 10.1. The molecule has 0 bridgehead atoms. The highest BCUT2D eigenvalue weighted by atomic mass is 35.5. The van der Waals surface area contributed by atoms with Crippen molar-refractivity contribution >= 4 is 64.4 Å². The van der Waals surface area contributed by atoms with E-state index < -0.39 is 17.8 Å². The van der Waals surface area contributed by atoms with Crippen molar-refractivity contribution in [1.29, 1.82) is 0 Å². The molecule has 190 valence electrons. The van der Waals surface area contributed by atoms with Crippen LogP contribution >= 0.6 is 34.8 Å². The molecule has 4 amide bonds. The van der Waals surface area contributed by atoms with E-state index in [4.69, 9.17) is 44.3 Å². The van der Waals surface area contributed by atoms with E-state index >= 15 is 0 Å². The Kier molecular flexibility index (Phi) is 8.07. The Hall–Kier alpha value is -3.52. The molecule has 1 aliphatic rings. The van der Waals surface area contributed by atoms with E-state index in [1.54, 1.807) is 50.2 Å². The highest BCUT2D eigenvalue weighted by Crippen LogP contribution is 2.38. The predicted octanol–water partition coefficient (Wildman–Crippen LogP) is 6.60. The van der Waals surface area contributed by atoms with E-state index in [9.17, 15) is 14.4 Å². The van der Waals surface area contributed by atoms with Gasteiger partial charge in [0.2, 0.25) is 0 Å². The van der Waals surface area contributed by atoms with Crippen molar-refractivity contribution in [2.24, 2.45) is 0 Å². The molecule has 10 heteroatoms. The van der Waals surface area contributed by atoms with Crippen molar-refractivity contribution in [2.75, 3.05) is 11.5 Å². The molecule has 3 aromatic carbocycles. The number of imide groups is 2. The number of amides is 4. The Morgan fingerprint density at radius 2 is 1.70 bits per heavy atom. The second kappa shape index (κ2) is 11.3. The van der Waals surface area contributed by atoms with Gasteiger partial charge in [-0.3, -0.25) is 14.9 Å². The highest BCUT2D eigenvalue weighted by molar-refractivity contribution is 6.40. The van der Waals surface area contributed by atoms with Crippen LogP contribution in [0.3, 0.4) is 0 Å². The van der Waals surface area contributed by atoms with Gasteiger partial charge in [0.1, 0.15) is 12.2 Å². The summed E-state index contributed by atoms with van der Waals surface area (Å²) in [4.78, 5) is 39.4. The van der Waals surface area contributed by atoms with Crippen LogP contribution in [0.2, 0.25) is 15.1 Å². The van der Waals surface area contributed by atoms with Crippen LogP contribution in [-0.4, -0.2) is 24.5 Å². The summed E-state index contributed by atoms with van der Waals surface area (Å²) in [6, 6.07) is 14.3. The molecule has 0 unspecified atom stereocenters. The molecule has 1 fully saturated rings. The molecule has 0 aliphatic carbocycles. The number of nitrogens with one attached hydrogen (secondary N) is 1. The third-order valence-electron chi connectivity index (χ3n) is 5.50. The topological polar surface area (TPSA) is 84.9 Å². The maximum Gasteiger partial charge on any atom is 0.335 e. The molecule has 7 nitrogen and oxygen atoms in total. The lowest BCUT2D eigenvalue weighted by Gasteiger charge is -2.27. The van der Waals surface area contributed by atoms with E-state index in [0.717, 1.165) is 10.5 Å². The largest absolute Gasteiger partial charge is 0.490 e. The number of halogens is 3. The number of carbonyl (C=O) groups excluding carboxylic acids is 3. The van der Waals surface area contributed by atoms with E-state index in [2.05, 4.69) is 5.32 Å². The van der Waals surface area contributed by atoms with Gasteiger partial charge in [-0.1, -0.05) is 53.0 Å². The minimum Gasteiger partial charge on any atom is -0.490 e. The van der Waals surface area contributed by atoms with Crippen molar-refractivity contribution in [3.63, 3.8) is 0 Å². The second-order valence-electron chi connectivity index (χ2n) is 8.02. The van der Waals surface area contributed by atoms with Gasteiger partial charge < -0.3 is 9.47 Å². The van der Waals surface area contributed by atoms with Crippen molar-refractivity contribution in [2.45, 2.75) is 20.5 Å². The summed E-state index contributed by atoms with van der Waals surface area (Å²) in [6.07, 6.45) is 1.34. The van der Waals surface area contributed by atoms with Gasteiger partial charge in [0.15, 0.2) is 11.5 Å². The first-order valence-corrected chi connectivity index (χ1v) is 12.3. The Bertz CT molecular complexity index is 1440. The Labute approximate surface area is 228 Å². The molecular weight excluding hydrogens is 539 g/mol. The van der Waals surface area contributed by atoms with Crippen LogP contribution in [0.4, 0.5) is 10.5 Å². The number of barbiturate groups is 1.